The normalized spacial score (nSPS) is 19.6. The van der Waals surface area contributed by atoms with Gasteiger partial charge in [0, 0.05) is 43.5 Å². The van der Waals surface area contributed by atoms with Gasteiger partial charge in [0.2, 0.25) is 0 Å². The lowest BCUT2D eigenvalue weighted by Gasteiger charge is -2.40. The van der Waals surface area contributed by atoms with Crippen molar-refractivity contribution in [2.45, 2.75) is 31.5 Å². The van der Waals surface area contributed by atoms with Crippen molar-refractivity contribution in [3.63, 3.8) is 0 Å². The number of halogens is 2. The number of ether oxygens (including phenoxy) is 2. The summed E-state index contributed by atoms with van der Waals surface area (Å²) in [5.41, 5.74) is 2.35. The fourth-order valence-electron chi connectivity index (χ4n) is 4.72. The molecule has 0 bridgehead atoms. The van der Waals surface area contributed by atoms with E-state index in [1.54, 1.807) is 7.11 Å². The summed E-state index contributed by atoms with van der Waals surface area (Å²) in [5.74, 6) is 1.73. The molecule has 34 heavy (non-hydrogen) atoms. The predicted molar refractivity (Wildman–Crippen MR) is 134 cm³/mol. The van der Waals surface area contributed by atoms with E-state index in [4.69, 9.17) is 21.1 Å². The van der Waals surface area contributed by atoms with Crippen LogP contribution in [0.2, 0.25) is 5.02 Å². The van der Waals surface area contributed by atoms with Crippen molar-refractivity contribution in [2.24, 2.45) is 0 Å². The standard InChI is InChI=1S/C24H29ClN6O2.ClH/c1-32-21-10-8-20(9-11-21)29-12-14-30(15-13-29)23(18-4-6-19(25)7-5-18)24-26-27-28-31(24)17-22-3-2-16-33-22;/h4-11,22-23H,2-3,12-17H2,1H3;1H. The molecule has 10 heteroatoms. The van der Waals surface area contributed by atoms with Crippen molar-refractivity contribution in [3.8, 4) is 5.75 Å². The number of hydrogen-bond donors (Lipinski definition) is 0. The number of rotatable bonds is 7. The molecule has 2 aliphatic heterocycles. The highest BCUT2D eigenvalue weighted by Gasteiger charge is 2.31. The second-order valence-electron chi connectivity index (χ2n) is 8.53. The second-order valence-corrected chi connectivity index (χ2v) is 8.97. The first-order valence-corrected chi connectivity index (χ1v) is 11.9. The molecule has 0 spiro atoms. The van der Waals surface area contributed by atoms with E-state index in [1.807, 2.05) is 28.9 Å². The maximum atomic E-state index is 6.19. The lowest BCUT2D eigenvalue weighted by molar-refractivity contribution is 0.0906. The Hall–Kier alpha value is -2.39. The van der Waals surface area contributed by atoms with Crippen molar-refractivity contribution in [1.82, 2.24) is 25.1 Å². The fourth-order valence-corrected chi connectivity index (χ4v) is 4.84. The molecule has 182 valence electrons. The largest absolute Gasteiger partial charge is 0.497 e. The molecule has 1 aromatic heterocycles. The molecule has 2 atom stereocenters. The fraction of sp³-hybridized carbons (Fsp3) is 0.458. The molecule has 2 aromatic carbocycles. The van der Waals surface area contributed by atoms with E-state index in [9.17, 15) is 0 Å². The minimum absolute atomic E-state index is 0. The first-order valence-electron chi connectivity index (χ1n) is 11.5. The number of hydrogen-bond acceptors (Lipinski definition) is 7. The number of nitrogens with zero attached hydrogens (tertiary/aromatic N) is 6. The van der Waals surface area contributed by atoms with Crippen molar-refractivity contribution in [1.29, 1.82) is 0 Å². The van der Waals surface area contributed by atoms with Gasteiger partial charge >= 0.3 is 0 Å². The van der Waals surface area contributed by atoms with Gasteiger partial charge < -0.3 is 14.4 Å². The summed E-state index contributed by atoms with van der Waals surface area (Å²) in [6.07, 6.45) is 2.31. The molecule has 3 aromatic rings. The van der Waals surface area contributed by atoms with Gasteiger partial charge in [0.25, 0.3) is 0 Å². The van der Waals surface area contributed by atoms with Gasteiger partial charge in [0.05, 0.1) is 25.8 Å². The van der Waals surface area contributed by atoms with Crippen LogP contribution in [0.15, 0.2) is 48.5 Å². The van der Waals surface area contributed by atoms with Crippen LogP contribution in [0, 0.1) is 0 Å². The van der Waals surface area contributed by atoms with Gasteiger partial charge in [-0.15, -0.1) is 17.5 Å². The van der Waals surface area contributed by atoms with E-state index in [0.29, 0.717) is 6.54 Å². The highest BCUT2D eigenvalue weighted by molar-refractivity contribution is 6.30. The number of piperazine rings is 1. The lowest BCUT2D eigenvalue weighted by atomic mass is 10.0. The molecule has 2 fully saturated rings. The number of benzene rings is 2. The second kappa shape index (κ2) is 11.4. The van der Waals surface area contributed by atoms with E-state index < -0.39 is 0 Å². The molecule has 3 heterocycles. The zero-order valence-corrected chi connectivity index (χ0v) is 20.8. The van der Waals surface area contributed by atoms with Gasteiger partial charge in [-0.2, -0.15) is 0 Å². The first kappa shape index (κ1) is 24.7. The summed E-state index contributed by atoms with van der Waals surface area (Å²) in [5, 5.41) is 13.5. The van der Waals surface area contributed by atoms with Gasteiger partial charge in [-0.3, -0.25) is 4.90 Å². The molecule has 8 nitrogen and oxygen atoms in total. The third-order valence-corrected chi connectivity index (χ3v) is 6.76. The third-order valence-electron chi connectivity index (χ3n) is 6.51. The predicted octanol–water partition coefficient (Wildman–Crippen LogP) is 3.85. The zero-order chi connectivity index (χ0) is 22.6. The summed E-state index contributed by atoms with van der Waals surface area (Å²) in [6, 6.07) is 16.2. The number of methoxy groups -OCH3 is 1. The van der Waals surface area contributed by atoms with Crippen LogP contribution in [0.4, 0.5) is 5.69 Å². The Morgan fingerprint density at radius 1 is 1.06 bits per heavy atom. The SMILES string of the molecule is COc1ccc(N2CCN(C(c3ccc(Cl)cc3)c3nnnn3CC3CCCO3)CC2)cc1.Cl. The van der Waals surface area contributed by atoms with Crippen LogP contribution in [-0.2, 0) is 11.3 Å². The molecule has 0 amide bonds. The highest BCUT2D eigenvalue weighted by Crippen LogP contribution is 2.31. The van der Waals surface area contributed by atoms with Crippen LogP contribution in [0.1, 0.15) is 30.3 Å². The van der Waals surface area contributed by atoms with Crippen LogP contribution in [0.5, 0.6) is 5.75 Å². The Bertz CT molecular complexity index is 1030. The quantitative estimate of drug-likeness (QED) is 0.483. The highest BCUT2D eigenvalue weighted by atomic mass is 35.5. The maximum absolute atomic E-state index is 6.19. The average Bonchev–Trinajstić information content (AvgIpc) is 3.54. The molecule has 0 radical (unpaired) electrons. The monoisotopic (exact) mass is 504 g/mol. The van der Waals surface area contributed by atoms with E-state index in [0.717, 1.165) is 67.8 Å². The minimum Gasteiger partial charge on any atom is -0.497 e. The van der Waals surface area contributed by atoms with Crippen LogP contribution in [-0.4, -0.2) is 71.1 Å². The molecular formula is C24H30Cl2N6O2. The van der Waals surface area contributed by atoms with Crippen LogP contribution < -0.4 is 9.64 Å². The molecular weight excluding hydrogens is 475 g/mol. The third kappa shape index (κ3) is 5.46. The van der Waals surface area contributed by atoms with Crippen LogP contribution >= 0.6 is 24.0 Å². The Morgan fingerprint density at radius 2 is 1.79 bits per heavy atom. The van der Waals surface area contributed by atoms with Gasteiger partial charge in [-0.25, -0.2) is 4.68 Å². The Balaban J connectivity index is 0.00000274. The summed E-state index contributed by atoms with van der Waals surface area (Å²) < 4.78 is 13.1. The molecule has 5 rings (SSSR count). The van der Waals surface area contributed by atoms with E-state index >= 15 is 0 Å². The number of aromatic nitrogens is 4. The van der Waals surface area contributed by atoms with E-state index in [-0.39, 0.29) is 24.6 Å². The summed E-state index contributed by atoms with van der Waals surface area (Å²) >= 11 is 6.19. The van der Waals surface area contributed by atoms with Gasteiger partial charge in [0.15, 0.2) is 5.82 Å². The summed E-state index contributed by atoms with van der Waals surface area (Å²) in [7, 11) is 1.69. The molecule has 2 aliphatic rings. The Morgan fingerprint density at radius 3 is 2.44 bits per heavy atom. The Labute approximate surface area is 211 Å². The molecule has 0 N–H and O–H groups in total. The Kier molecular flexibility index (Phi) is 8.26. The molecule has 0 saturated carbocycles. The minimum atomic E-state index is -0.0447. The zero-order valence-electron chi connectivity index (χ0n) is 19.2. The van der Waals surface area contributed by atoms with Crippen molar-refractivity contribution in [3.05, 3.63) is 64.9 Å². The average molecular weight is 505 g/mol. The number of anilines is 1. The topological polar surface area (TPSA) is 68.5 Å². The van der Waals surface area contributed by atoms with Crippen molar-refractivity contribution >= 4 is 29.7 Å². The molecule has 2 saturated heterocycles. The summed E-state index contributed by atoms with van der Waals surface area (Å²) in [6.45, 7) is 5.12. The van der Waals surface area contributed by atoms with Crippen LogP contribution in [0.3, 0.4) is 0 Å². The number of tetrazole rings is 1. The van der Waals surface area contributed by atoms with Gasteiger partial charge in [-0.1, -0.05) is 23.7 Å². The van der Waals surface area contributed by atoms with E-state index in [1.165, 1.54) is 5.69 Å². The van der Waals surface area contributed by atoms with Gasteiger partial charge in [-0.05, 0) is 65.2 Å². The summed E-state index contributed by atoms with van der Waals surface area (Å²) in [4.78, 5) is 4.87. The van der Waals surface area contributed by atoms with Crippen molar-refractivity contribution in [2.75, 3.05) is 44.8 Å². The van der Waals surface area contributed by atoms with Crippen molar-refractivity contribution < 1.29 is 9.47 Å². The molecule has 2 unspecified atom stereocenters. The van der Waals surface area contributed by atoms with Gasteiger partial charge in [0.1, 0.15) is 5.75 Å². The maximum Gasteiger partial charge on any atom is 0.173 e. The van der Waals surface area contributed by atoms with E-state index in [2.05, 4.69) is 49.6 Å². The first-order chi connectivity index (χ1) is 16.2. The smallest absolute Gasteiger partial charge is 0.173 e. The van der Waals surface area contributed by atoms with Crippen LogP contribution in [0.25, 0.3) is 0 Å². The lowest BCUT2D eigenvalue weighted by Crippen LogP contribution is -2.48. The molecule has 0 aliphatic carbocycles.